The Morgan fingerprint density at radius 1 is 1.62 bits per heavy atom. The first kappa shape index (κ1) is 12.1. The Bertz CT molecular complexity index is 294. The lowest BCUT2D eigenvalue weighted by Gasteiger charge is -2.02. The van der Waals surface area contributed by atoms with Crippen molar-refractivity contribution >= 4 is 16.0 Å². The summed E-state index contributed by atoms with van der Waals surface area (Å²) in [7, 11) is -3.91. The van der Waals surface area contributed by atoms with Crippen molar-refractivity contribution in [2.75, 3.05) is 5.75 Å². The van der Waals surface area contributed by atoms with Crippen LogP contribution in [0.15, 0.2) is 12.2 Å². The Kier molecular flexibility index (Phi) is 4.64. The molecule has 0 aliphatic heterocycles. The van der Waals surface area contributed by atoms with Crippen molar-refractivity contribution < 1.29 is 17.8 Å². The van der Waals surface area contributed by atoms with Gasteiger partial charge in [-0.15, -0.1) is 0 Å². The summed E-state index contributed by atoms with van der Waals surface area (Å²) in [6, 6.07) is 0. The third-order valence-electron chi connectivity index (χ3n) is 1.42. The lowest BCUT2D eigenvalue weighted by Crippen LogP contribution is -2.09. The van der Waals surface area contributed by atoms with E-state index in [9.17, 15) is 13.2 Å². The Morgan fingerprint density at radius 3 is 2.54 bits per heavy atom. The number of carbonyl (C=O) groups is 1. The lowest BCUT2D eigenvalue weighted by atomic mass is 10.1. The van der Waals surface area contributed by atoms with Crippen LogP contribution in [0.4, 0.5) is 0 Å². The minimum atomic E-state index is -3.91. The molecule has 1 amide bonds. The van der Waals surface area contributed by atoms with Gasteiger partial charge in [0.15, 0.2) is 0 Å². The summed E-state index contributed by atoms with van der Waals surface area (Å²) >= 11 is 0. The van der Waals surface area contributed by atoms with Gasteiger partial charge in [0.05, 0.1) is 5.75 Å². The maximum Gasteiger partial charge on any atom is 0.264 e. The van der Waals surface area contributed by atoms with Gasteiger partial charge in [-0.05, 0) is 18.4 Å². The van der Waals surface area contributed by atoms with Gasteiger partial charge in [-0.3, -0.25) is 9.35 Å². The molecule has 13 heavy (non-hydrogen) atoms. The largest absolute Gasteiger partial charge is 0.366 e. The minimum absolute atomic E-state index is 0.102. The van der Waals surface area contributed by atoms with Gasteiger partial charge in [0.25, 0.3) is 10.1 Å². The van der Waals surface area contributed by atoms with Crippen molar-refractivity contribution in [1.82, 2.24) is 0 Å². The van der Waals surface area contributed by atoms with Gasteiger partial charge >= 0.3 is 0 Å². The zero-order valence-corrected chi connectivity index (χ0v) is 8.12. The van der Waals surface area contributed by atoms with Crippen LogP contribution in [0.2, 0.25) is 0 Å². The standard InChI is InChI=1S/C7H13NO4S/c1-6(2-3-7(8)9)4-5-13(10,11)12/h2-3,6H,4-5H2,1H3,(H2,8,9)(H,10,11,12). The molecule has 0 fully saturated rings. The number of carbonyl (C=O) groups excluding carboxylic acids is 1. The molecule has 3 N–H and O–H groups in total. The van der Waals surface area contributed by atoms with Gasteiger partial charge in [0, 0.05) is 0 Å². The molecule has 0 aromatic rings. The van der Waals surface area contributed by atoms with E-state index in [1.54, 1.807) is 6.92 Å². The first-order valence-corrected chi connectivity index (χ1v) is 5.35. The molecule has 76 valence electrons. The Balaban J connectivity index is 3.89. The summed E-state index contributed by atoms with van der Waals surface area (Å²) < 4.78 is 29.0. The van der Waals surface area contributed by atoms with E-state index in [2.05, 4.69) is 0 Å². The van der Waals surface area contributed by atoms with Gasteiger partial charge in [0.1, 0.15) is 0 Å². The molecule has 0 aliphatic rings. The number of primary amides is 1. The van der Waals surface area contributed by atoms with Gasteiger partial charge < -0.3 is 5.73 Å². The summed E-state index contributed by atoms with van der Waals surface area (Å²) in [5.74, 6) is -0.981. The zero-order valence-electron chi connectivity index (χ0n) is 7.30. The van der Waals surface area contributed by atoms with E-state index in [0.717, 1.165) is 0 Å². The highest BCUT2D eigenvalue weighted by molar-refractivity contribution is 7.85. The summed E-state index contributed by atoms with van der Waals surface area (Å²) in [5.41, 5.74) is 4.83. The predicted octanol–water partition coefficient (Wildman–Crippen LogP) is -0.0581. The molecule has 0 saturated carbocycles. The van der Waals surface area contributed by atoms with Crippen molar-refractivity contribution in [1.29, 1.82) is 0 Å². The molecule has 0 radical (unpaired) electrons. The topological polar surface area (TPSA) is 97.5 Å². The Labute approximate surface area is 77.4 Å². The predicted molar refractivity (Wildman–Crippen MR) is 48.5 cm³/mol. The van der Waals surface area contributed by atoms with E-state index in [-0.39, 0.29) is 18.1 Å². The van der Waals surface area contributed by atoms with Crippen LogP contribution in [0.25, 0.3) is 0 Å². The van der Waals surface area contributed by atoms with Crippen LogP contribution in [0.1, 0.15) is 13.3 Å². The molecule has 0 aromatic heterocycles. The number of nitrogens with two attached hydrogens (primary N) is 1. The number of rotatable bonds is 5. The third-order valence-corrected chi connectivity index (χ3v) is 2.17. The first-order chi connectivity index (χ1) is 5.81. The molecule has 0 heterocycles. The van der Waals surface area contributed by atoms with E-state index in [1.807, 2.05) is 0 Å². The molecule has 1 atom stereocenters. The summed E-state index contributed by atoms with van der Waals surface area (Å²) in [6.07, 6.45) is 2.95. The SMILES string of the molecule is CC(C=CC(N)=O)CCS(=O)(=O)O. The maximum absolute atomic E-state index is 10.3. The molecule has 0 aliphatic carbocycles. The quantitative estimate of drug-likeness (QED) is 0.487. The van der Waals surface area contributed by atoms with Gasteiger partial charge in [-0.25, -0.2) is 0 Å². The fourth-order valence-electron chi connectivity index (χ4n) is 0.690. The van der Waals surface area contributed by atoms with Crippen LogP contribution in [-0.4, -0.2) is 24.6 Å². The van der Waals surface area contributed by atoms with E-state index < -0.39 is 16.0 Å². The second-order valence-corrected chi connectivity index (χ2v) is 4.39. The van der Waals surface area contributed by atoms with Crippen LogP contribution >= 0.6 is 0 Å². The molecular formula is C7H13NO4S. The molecule has 5 nitrogen and oxygen atoms in total. The Morgan fingerprint density at radius 2 is 2.15 bits per heavy atom. The van der Waals surface area contributed by atoms with Crippen molar-refractivity contribution in [3.05, 3.63) is 12.2 Å². The van der Waals surface area contributed by atoms with Crippen molar-refractivity contribution in [2.45, 2.75) is 13.3 Å². The van der Waals surface area contributed by atoms with Gasteiger partial charge in [-0.1, -0.05) is 13.0 Å². The monoisotopic (exact) mass is 207 g/mol. The average Bonchev–Trinajstić information content (AvgIpc) is 1.95. The normalized spacial score (nSPS) is 14.6. The number of hydrogen-bond donors (Lipinski definition) is 2. The maximum atomic E-state index is 10.3. The second kappa shape index (κ2) is 4.98. The molecule has 0 bridgehead atoms. The first-order valence-electron chi connectivity index (χ1n) is 3.74. The highest BCUT2D eigenvalue weighted by atomic mass is 32.2. The smallest absolute Gasteiger partial charge is 0.264 e. The van der Waals surface area contributed by atoms with E-state index >= 15 is 0 Å². The van der Waals surface area contributed by atoms with E-state index in [1.165, 1.54) is 12.2 Å². The third kappa shape index (κ3) is 9.03. The van der Waals surface area contributed by atoms with Crippen LogP contribution in [0.3, 0.4) is 0 Å². The highest BCUT2D eigenvalue weighted by Gasteiger charge is 2.06. The number of allylic oxidation sites excluding steroid dienone is 1. The van der Waals surface area contributed by atoms with Crippen molar-refractivity contribution in [3.63, 3.8) is 0 Å². The Hall–Kier alpha value is -0.880. The van der Waals surface area contributed by atoms with E-state index in [0.29, 0.717) is 0 Å². The summed E-state index contributed by atoms with van der Waals surface area (Å²) in [6.45, 7) is 1.73. The van der Waals surface area contributed by atoms with Crippen LogP contribution in [-0.2, 0) is 14.9 Å². The zero-order chi connectivity index (χ0) is 10.5. The lowest BCUT2D eigenvalue weighted by molar-refractivity contribution is -0.113. The van der Waals surface area contributed by atoms with Crippen LogP contribution < -0.4 is 5.73 Å². The molecule has 0 aromatic carbocycles. The van der Waals surface area contributed by atoms with Crippen molar-refractivity contribution in [3.8, 4) is 0 Å². The average molecular weight is 207 g/mol. The molecule has 6 heteroatoms. The molecule has 0 spiro atoms. The highest BCUT2D eigenvalue weighted by Crippen LogP contribution is 2.04. The number of amides is 1. The molecular weight excluding hydrogens is 194 g/mol. The number of hydrogen-bond acceptors (Lipinski definition) is 3. The van der Waals surface area contributed by atoms with Gasteiger partial charge in [-0.2, -0.15) is 8.42 Å². The minimum Gasteiger partial charge on any atom is -0.366 e. The van der Waals surface area contributed by atoms with Crippen LogP contribution in [0, 0.1) is 5.92 Å². The molecule has 1 unspecified atom stereocenters. The second-order valence-electron chi connectivity index (χ2n) is 2.81. The fourth-order valence-corrected chi connectivity index (χ4v) is 1.36. The summed E-state index contributed by atoms with van der Waals surface area (Å²) in [5, 5.41) is 0. The molecule has 0 saturated heterocycles. The van der Waals surface area contributed by atoms with Gasteiger partial charge in [0.2, 0.25) is 5.91 Å². The van der Waals surface area contributed by atoms with Crippen LogP contribution in [0.5, 0.6) is 0 Å². The van der Waals surface area contributed by atoms with E-state index in [4.69, 9.17) is 10.3 Å². The van der Waals surface area contributed by atoms with Crippen molar-refractivity contribution in [2.24, 2.45) is 11.7 Å². The summed E-state index contributed by atoms with van der Waals surface area (Å²) in [4.78, 5) is 10.3. The fraction of sp³-hybridized carbons (Fsp3) is 0.571. The molecule has 0 rings (SSSR count).